The SMILES string of the molecule is Cc1cccc(-c2c(CN)nn(C)c2C)c1. The van der Waals surface area contributed by atoms with Gasteiger partial charge in [0.2, 0.25) is 0 Å². The average Bonchev–Trinajstić information content (AvgIpc) is 2.55. The number of aryl methyl sites for hydroxylation is 2. The van der Waals surface area contributed by atoms with Crippen molar-refractivity contribution >= 4 is 0 Å². The van der Waals surface area contributed by atoms with Crippen LogP contribution in [-0.2, 0) is 13.6 Å². The summed E-state index contributed by atoms with van der Waals surface area (Å²) in [6.07, 6.45) is 0. The van der Waals surface area contributed by atoms with E-state index >= 15 is 0 Å². The molecule has 0 spiro atoms. The van der Waals surface area contributed by atoms with Gasteiger partial charge in [-0.2, -0.15) is 5.10 Å². The van der Waals surface area contributed by atoms with E-state index in [9.17, 15) is 0 Å². The first kappa shape index (κ1) is 10.9. The lowest BCUT2D eigenvalue weighted by Gasteiger charge is -2.04. The summed E-state index contributed by atoms with van der Waals surface area (Å²) in [6.45, 7) is 4.64. The first-order chi connectivity index (χ1) is 7.63. The van der Waals surface area contributed by atoms with Gasteiger partial charge < -0.3 is 5.73 Å². The third kappa shape index (κ3) is 1.74. The van der Waals surface area contributed by atoms with Gasteiger partial charge in [-0.05, 0) is 19.4 Å². The summed E-state index contributed by atoms with van der Waals surface area (Å²) >= 11 is 0. The maximum atomic E-state index is 5.73. The van der Waals surface area contributed by atoms with E-state index < -0.39 is 0 Å². The van der Waals surface area contributed by atoms with Gasteiger partial charge in [-0.25, -0.2) is 0 Å². The number of hydrogen-bond donors (Lipinski definition) is 1. The first-order valence-corrected chi connectivity index (χ1v) is 5.43. The first-order valence-electron chi connectivity index (χ1n) is 5.43. The maximum Gasteiger partial charge on any atom is 0.0841 e. The second kappa shape index (κ2) is 4.10. The molecule has 1 aromatic heterocycles. The summed E-state index contributed by atoms with van der Waals surface area (Å²) in [5.74, 6) is 0. The molecular weight excluding hydrogens is 198 g/mol. The molecule has 0 amide bonds. The van der Waals surface area contributed by atoms with Crippen LogP contribution < -0.4 is 5.73 Å². The quantitative estimate of drug-likeness (QED) is 0.834. The van der Waals surface area contributed by atoms with Crippen molar-refractivity contribution in [1.29, 1.82) is 0 Å². The number of nitrogens with two attached hydrogens (primary N) is 1. The molecule has 1 aromatic carbocycles. The van der Waals surface area contributed by atoms with Gasteiger partial charge in [0, 0.05) is 24.8 Å². The molecule has 3 heteroatoms. The minimum Gasteiger partial charge on any atom is -0.325 e. The van der Waals surface area contributed by atoms with Gasteiger partial charge in [0.25, 0.3) is 0 Å². The van der Waals surface area contributed by atoms with Gasteiger partial charge in [0.1, 0.15) is 0 Å². The second-order valence-electron chi connectivity index (χ2n) is 4.10. The van der Waals surface area contributed by atoms with Crippen LogP contribution in [0.4, 0.5) is 0 Å². The fourth-order valence-corrected chi connectivity index (χ4v) is 2.00. The lowest BCUT2D eigenvalue weighted by molar-refractivity contribution is 0.721. The Labute approximate surface area is 95.9 Å². The lowest BCUT2D eigenvalue weighted by Crippen LogP contribution is -1.99. The largest absolute Gasteiger partial charge is 0.325 e. The molecule has 0 saturated carbocycles. The van der Waals surface area contributed by atoms with E-state index in [-0.39, 0.29) is 0 Å². The van der Waals surface area contributed by atoms with Gasteiger partial charge in [0.05, 0.1) is 5.69 Å². The Morgan fingerprint density at radius 1 is 1.31 bits per heavy atom. The van der Waals surface area contributed by atoms with E-state index in [1.54, 1.807) is 0 Å². The van der Waals surface area contributed by atoms with Crippen LogP contribution in [0.1, 0.15) is 17.0 Å². The van der Waals surface area contributed by atoms with Gasteiger partial charge >= 0.3 is 0 Å². The Morgan fingerprint density at radius 3 is 2.69 bits per heavy atom. The minimum absolute atomic E-state index is 0.477. The number of benzene rings is 1. The predicted molar refractivity (Wildman–Crippen MR) is 66.0 cm³/mol. The molecule has 3 nitrogen and oxygen atoms in total. The van der Waals surface area contributed by atoms with Crippen molar-refractivity contribution in [1.82, 2.24) is 9.78 Å². The number of aromatic nitrogens is 2. The van der Waals surface area contributed by atoms with Gasteiger partial charge in [-0.15, -0.1) is 0 Å². The molecule has 0 atom stereocenters. The Morgan fingerprint density at radius 2 is 2.06 bits per heavy atom. The standard InChI is InChI=1S/C13H17N3/c1-9-5-4-6-11(7-9)13-10(2)16(3)15-12(13)8-14/h4-7H,8,14H2,1-3H3. The molecule has 84 valence electrons. The smallest absolute Gasteiger partial charge is 0.0841 e. The highest BCUT2D eigenvalue weighted by Gasteiger charge is 2.13. The molecule has 0 unspecified atom stereocenters. The van der Waals surface area contributed by atoms with Crippen molar-refractivity contribution in [2.45, 2.75) is 20.4 Å². The van der Waals surface area contributed by atoms with E-state index in [0.717, 1.165) is 11.4 Å². The molecule has 0 bridgehead atoms. The van der Waals surface area contributed by atoms with Crippen molar-refractivity contribution in [3.8, 4) is 11.1 Å². The topological polar surface area (TPSA) is 43.8 Å². The third-order valence-electron chi connectivity index (χ3n) is 2.91. The summed E-state index contributed by atoms with van der Waals surface area (Å²) in [6, 6.07) is 8.44. The Balaban J connectivity index is 2.63. The second-order valence-corrected chi connectivity index (χ2v) is 4.10. The molecule has 0 aliphatic rings. The Kier molecular flexibility index (Phi) is 2.79. The zero-order valence-electron chi connectivity index (χ0n) is 9.99. The van der Waals surface area contributed by atoms with Crippen molar-refractivity contribution in [3.05, 3.63) is 41.2 Å². The molecular formula is C13H17N3. The van der Waals surface area contributed by atoms with E-state index in [1.807, 2.05) is 11.7 Å². The highest BCUT2D eigenvalue weighted by molar-refractivity contribution is 5.69. The number of hydrogen-bond acceptors (Lipinski definition) is 2. The summed E-state index contributed by atoms with van der Waals surface area (Å²) in [5, 5.41) is 4.43. The summed E-state index contributed by atoms with van der Waals surface area (Å²) in [7, 11) is 1.95. The summed E-state index contributed by atoms with van der Waals surface area (Å²) < 4.78 is 1.89. The average molecular weight is 215 g/mol. The van der Waals surface area contributed by atoms with Crippen LogP contribution in [0.15, 0.2) is 24.3 Å². The zero-order chi connectivity index (χ0) is 11.7. The molecule has 2 N–H and O–H groups in total. The van der Waals surface area contributed by atoms with Crippen LogP contribution in [0.25, 0.3) is 11.1 Å². The molecule has 1 heterocycles. The molecule has 16 heavy (non-hydrogen) atoms. The normalized spacial score (nSPS) is 10.8. The third-order valence-corrected chi connectivity index (χ3v) is 2.91. The molecule has 0 aliphatic carbocycles. The number of rotatable bonds is 2. The molecule has 0 saturated heterocycles. The summed E-state index contributed by atoms with van der Waals surface area (Å²) in [4.78, 5) is 0. The maximum absolute atomic E-state index is 5.73. The summed E-state index contributed by atoms with van der Waals surface area (Å²) in [5.41, 5.74) is 11.5. The minimum atomic E-state index is 0.477. The van der Waals surface area contributed by atoms with Crippen LogP contribution in [0.5, 0.6) is 0 Å². The number of nitrogens with zero attached hydrogens (tertiary/aromatic N) is 2. The highest BCUT2D eigenvalue weighted by atomic mass is 15.3. The van der Waals surface area contributed by atoms with E-state index in [1.165, 1.54) is 16.7 Å². The van der Waals surface area contributed by atoms with Crippen LogP contribution in [0, 0.1) is 13.8 Å². The fraction of sp³-hybridized carbons (Fsp3) is 0.308. The Hall–Kier alpha value is -1.61. The van der Waals surface area contributed by atoms with Crippen molar-refractivity contribution in [2.75, 3.05) is 0 Å². The van der Waals surface area contributed by atoms with Crippen LogP contribution in [-0.4, -0.2) is 9.78 Å². The van der Waals surface area contributed by atoms with E-state index in [2.05, 4.69) is 43.2 Å². The van der Waals surface area contributed by atoms with Gasteiger partial charge in [-0.1, -0.05) is 29.8 Å². The van der Waals surface area contributed by atoms with Crippen LogP contribution >= 0.6 is 0 Å². The van der Waals surface area contributed by atoms with E-state index in [0.29, 0.717) is 6.54 Å². The van der Waals surface area contributed by atoms with E-state index in [4.69, 9.17) is 5.73 Å². The molecule has 0 radical (unpaired) electrons. The Bertz CT molecular complexity index is 512. The van der Waals surface area contributed by atoms with Crippen LogP contribution in [0.3, 0.4) is 0 Å². The fourth-order valence-electron chi connectivity index (χ4n) is 2.00. The lowest BCUT2D eigenvalue weighted by atomic mass is 10.0. The monoisotopic (exact) mass is 215 g/mol. The van der Waals surface area contributed by atoms with Gasteiger partial charge in [-0.3, -0.25) is 4.68 Å². The van der Waals surface area contributed by atoms with Crippen molar-refractivity contribution in [2.24, 2.45) is 12.8 Å². The highest BCUT2D eigenvalue weighted by Crippen LogP contribution is 2.27. The molecule has 2 rings (SSSR count). The van der Waals surface area contributed by atoms with Gasteiger partial charge in [0.15, 0.2) is 0 Å². The van der Waals surface area contributed by atoms with Crippen LogP contribution in [0.2, 0.25) is 0 Å². The van der Waals surface area contributed by atoms with Crippen molar-refractivity contribution < 1.29 is 0 Å². The van der Waals surface area contributed by atoms with Crippen molar-refractivity contribution in [3.63, 3.8) is 0 Å². The molecule has 0 aliphatic heterocycles. The molecule has 0 fully saturated rings. The predicted octanol–water partition coefficient (Wildman–Crippen LogP) is 2.16. The zero-order valence-corrected chi connectivity index (χ0v) is 9.99. The molecule has 2 aromatic rings.